The fraction of sp³-hybridized carbons (Fsp3) is 0.176. The highest BCUT2D eigenvalue weighted by atomic mass is 19.4. The van der Waals surface area contributed by atoms with Crippen molar-refractivity contribution in [2.45, 2.75) is 18.6 Å². The number of nitrogens with one attached hydrogen (secondary N) is 1. The SMILES string of the molecule is NC(=O)[C@@H](Cc1ccc(F)c([N+](=O)[O-])c1)NC(=O)c1ccccc1C(F)(F)F. The monoisotopic (exact) mass is 399 g/mol. The Bertz CT molecular complexity index is 931. The van der Waals surface area contributed by atoms with Crippen molar-refractivity contribution in [3.63, 3.8) is 0 Å². The number of hydrogen-bond donors (Lipinski definition) is 2. The minimum absolute atomic E-state index is 0.0845. The molecule has 2 aromatic rings. The van der Waals surface area contributed by atoms with Crippen LogP contribution in [0.15, 0.2) is 42.5 Å². The van der Waals surface area contributed by atoms with E-state index in [-0.39, 0.29) is 12.0 Å². The summed E-state index contributed by atoms with van der Waals surface area (Å²) in [6.45, 7) is 0. The minimum atomic E-state index is -4.80. The highest BCUT2D eigenvalue weighted by Crippen LogP contribution is 2.31. The van der Waals surface area contributed by atoms with Gasteiger partial charge in [-0.3, -0.25) is 19.7 Å². The van der Waals surface area contributed by atoms with Crippen LogP contribution in [0.4, 0.5) is 23.2 Å². The molecule has 2 rings (SSSR count). The Balaban J connectivity index is 2.28. The number of carbonyl (C=O) groups is 2. The van der Waals surface area contributed by atoms with Crippen molar-refractivity contribution in [2.75, 3.05) is 0 Å². The van der Waals surface area contributed by atoms with Crippen LogP contribution < -0.4 is 11.1 Å². The van der Waals surface area contributed by atoms with E-state index in [1.165, 1.54) is 6.07 Å². The van der Waals surface area contributed by atoms with Gasteiger partial charge in [-0.2, -0.15) is 17.6 Å². The zero-order valence-corrected chi connectivity index (χ0v) is 14.0. The molecule has 11 heteroatoms. The van der Waals surface area contributed by atoms with E-state index < -0.39 is 51.6 Å². The number of nitrogens with two attached hydrogens (primary N) is 1. The molecule has 0 aliphatic heterocycles. The first kappa shape index (κ1) is 20.8. The minimum Gasteiger partial charge on any atom is -0.368 e. The molecule has 0 aromatic heterocycles. The van der Waals surface area contributed by atoms with Gasteiger partial charge >= 0.3 is 11.9 Å². The third-order valence-electron chi connectivity index (χ3n) is 3.77. The number of halogens is 4. The Morgan fingerprint density at radius 2 is 1.82 bits per heavy atom. The molecule has 2 amide bonds. The van der Waals surface area contributed by atoms with Crippen LogP contribution in [0, 0.1) is 15.9 Å². The summed E-state index contributed by atoms with van der Waals surface area (Å²) in [5.41, 5.74) is 2.49. The third kappa shape index (κ3) is 4.81. The van der Waals surface area contributed by atoms with Gasteiger partial charge in [-0.15, -0.1) is 0 Å². The van der Waals surface area contributed by atoms with Crippen LogP contribution in [0.2, 0.25) is 0 Å². The number of nitro groups is 1. The summed E-state index contributed by atoms with van der Waals surface area (Å²) in [5.74, 6) is -3.38. The van der Waals surface area contributed by atoms with Crippen LogP contribution in [0.5, 0.6) is 0 Å². The average molecular weight is 399 g/mol. The Morgan fingerprint density at radius 3 is 2.39 bits per heavy atom. The molecule has 0 saturated carbocycles. The zero-order valence-electron chi connectivity index (χ0n) is 14.0. The second-order valence-electron chi connectivity index (χ2n) is 5.72. The Labute approximate surface area is 155 Å². The summed E-state index contributed by atoms with van der Waals surface area (Å²) in [7, 11) is 0. The molecule has 28 heavy (non-hydrogen) atoms. The predicted molar refractivity (Wildman–Crippen MR) is 88.7 cm³/mol. The normalized spacial score (nSPS) is 12.3. The first-order chi connectivity index (χ1) is 13.0. The van der Waals surface area contributed by atoms with Gasteiger partial charge in [0, 0.05) is 12.5 Å². The number of amides is 2. The van der Waals surface area contributed by atoms with Gasteiger partial charge < -0.3 is 11.1 Å². The highest BCUT2D eigenvalue weighted by molar-refractivity contribution is 5.98. The molecule has 0 saturated heterocycles. The van der Waals surface area contributed by atoms with Crippen LogP contribution in [-0.2, 0) is 17.4 Å². The average Bonchev–Trinajstić information content (AvgIpc) is 2.61. The summed E-state index contributed by atoms with van der Waals surface area (Å²) in [5, 5.41) is 12.9. The third-order valence-corrected chi connectivity index (χ3v) is 3.77. The van der Waals surface area contributed by atoms with Crippen molar-refractivity contribution < 1.29 is 32.1 Å². The maximum atomic E-state index is 13.4. The van der Waals surface area contributed by atoms with Gasteiger partial charge in [0.15, 0.2) is 0 Å². The summed E-state index contributed by atoms with van der Waals surface area (Å²) in [6, 6.07) is 5.26. The number of rotatable bonds is 6. The van der Waals surface area contributed by atoms with Gasteiger partial charge in [-0.1, -0.05) is 18.2 Å². The maximum Gasteiger partial charge on any atom is 0.417 e. The van der Waals surface area contributed by atoms with Crippen LogP contribution in [0.25, 0.3) is 0 Å². The van der Waals surface area contributed by atoms with E-state index in [0.717, 1.165) is 30.3 Å². The summed E-state index contributed by atoms with van der Waals surface area (Å²) >= 11 is 0. The van der Waals surface area contributed by atoms with E-state index in [1.807, 2.05) is 0 Å². The van der Waals surface area contributed by atoms with Gasteiger partial charge in [0.2, 0.25) is 11.7 Å². The Morgan fingerprint density at radius 1 is 1.18 bits per heavy atom. The zero-order chi connectivity index (χ0) is 21.1. The van der Waals surface area contributed by atoms with Crippen LogP contribution in [-0.4, -0.2) is 22.8 Å². The van der Waals surface area contributed by atoms with Crippen molar-refractivity contribution in [1.82, 2.24) is 5.32 Å². The number of nitrogens with zero attached hydrogens (tertiary/aromatic N) is 1. The quantitative estimate of drug-likeness (QED) is 0.441. The number of alkyl halides is 3. The molecule has 2 aromatic carbocycles. The summed E-state index contributed by atoms with van der Waals surface area (Å²) in [6.07, 6.45) is -5.18. The Kier molecular flexibility index (Phi) is 5.96. The smallest absolute Gasteiger partial charge is 0.368 e. The molecule has 0 fully saturated rings. The molecule has 0 radical (unpaired) electrons. The lowest BCUT2D eigenvalue weighted by molar-refractivity contribution is -0.387. The van der Waals surface area contributed by atoms with Crippen LogP contribution >= 0.6 is 0 Å². The van der Waals surface area contributed by atoms with Crippen LogP contribution in [0.1, 0.15) is 21.5 Å². The fourth-order valence-electron chi connectivity index (χ4n) is 2.45. The molecule has 0 heterocycles. The second kappa shape index (κ2) is 8.03. The lowest BCUT2D eigenvalue weighted by Crippen LogP contribution is -2.46. The highest BCUT2D eigenvalue weighted by Gasteiger charge is 2.35. The van der Waals surface area contributed by atoms with Gasteiger partial charge in [-0.25, -0.2) is 0 Å². The molecule has 3 N–H and O–H groups in total. The molecule has 7 nitrogen and oxygen atoms in total. The van der Waals surface area contributed by atoms with Crippen molar-refractivity contribution in [3.05, 3.63) is 75.1 Å². The van der Waals surface area contributed by atoms with Crippen molar-refractivity contribution in [1.29, 1.82) is 0 Å². The van der Waals surface area contributed by atoms with E-state index in [1.54, 1.807) is 0 Å². The van der Waals surface area contributed by atoms with Crippen LogP contribution in [0.3, 0.4) is 0 Å². The van der Waals surface area contributed by atoms with Crippen molar-refractivity contribution in [3.8, 4) is 0 Å². The first-order valence-electron chi connectivity index (χ1n) is 7.70. The van der Waals surface area contributed by atoms with E-state index in [9.17, 15) is 37.3 Å². The first-order valence-corrected chi connectivity index (χ1v) is 7.70. The van der Waals surface area contributed by atoms with E-state index in [0.29, 0.717) is 6.07 Å². The second-order valence-corrected chi connectivity index (χ2v) is 5.72. The topological polar surface area (TPSA) is 115 Å². The molecule has 0 spiro atoms. The lowest BCUT2D eigenvalue weighted by atomic mass is 10.0. The lowest BCUT2D eigenvalue weighted by Gasteiger charge is -2.18. The predicted octanol–water partition coefficient (Wildman–Crippen LogP) is 2.58. The van der Waals surface area contributed by atoms with Crippen molar-refractivity contribution in [2.24, 2.45) is 5.73 Å². The molecule has 148 valence electrons. The van der Waals surface area contributed by atoms with Gasteiger partial charge in [0.05, 0.1) is 16.1 Å². The molecule has 1 atom stereocenters. The molecular weight excluding hydrogens is 386 g/mol. The fourth-order valence-corrected chi connectivity index (χ4v) is 2.45. The van der Waals surface area contributed by atoms with E-state index in [4.69, 9.17) is 5.73 Å². The molecule has 0 aliphatic carbocycles. The Hall–Kier alpha value is -3.50. The standard InChI is InChI=1S/C17H13F4N3O4/c18-12-6-5-9(8-14(12)24(27)28)7-13(15(22)25)23-16(26)10-3-1-2-4-11(10)17(19,20)21/h1-6,8,13H,7H2,(H2,22,25)(H,23,26)/t13-/m1/s1. The number of carbonyl (C=O) groups excluding carboxylic acids is 2. The van der Waals surface area contributed by atoms with E-state index in [2.05, 4.69) is 5.32 Å². The van der Waals surface area contributed by atoms with Gasteiger partial charge in [-0.05, 0) is 23.8 Å². The number of nitro benzene ring substituents is 1. The largest absolute Gasteiger partial charge is 0.417 e. The summed E-state index contributed by atoms with van der Waals surface area (Å²) in [4.78, 5) is 33.7. The number of primary amides is 1. The van der Waals surface area contributed by atoms with Crippen molar-refractivity contribution >= 4 is 17.5 Å². The summed E-state index contributed by atoms with van der Waals surface area (Å²) < 4.78 is 52.5. The van der Waals surface area contributed by atoms with E-state index >= 15 is 0 Å². The molecule has 0 bridgehead atoms. The molecule has 0 unspecified atom stereocenters. The number of benzene rings is 2. The molecular formula is C17H13F4N3O4. The maximum absolute atomic E-state index is 13.4. The van der Waals surface area contributed by atoms with Gasteiger partial charge in [0.1, 0.15) is 6.04 Å². The molecule has 0 aliphatic rings. The number of hydrogen-bond acceptors (Lipinski definition) is 4. The van der Waals surface area contributed by atoms with Gasteiger partial charge in [0.25, 0.3) is 5.91 Å².